The molecule has 1 heterocycles. The lowest BCUT2D eigenvalue weighted by Gasteiger charge is -1.95. The zero-order valence-corrected chi connectivity index (χ0v) is 6.17. The van der Waals surface area contributed by atoms with Crippen molar-refractivity contribution in [2.24, 2.45) is 0 Å². The number of imidazole rings is 1. The van der Waals surface area contributed by atoms with Crippen molar-refractivity contribution in [1.29, 1.82) is 5.26 Å². The maximum absolute atomic E-state index is 10.3. The van der Waals surface area contributed by atoms with Gasteiger partial charge in [-0.05, 0) is 4.92 Å². The number of rotatable bonds is 3. The molecule has 0 aliphatic carbocycles. The van der Waals surface area contributed by atoms with Crippen molar-refractivity contribution in [1.82, 2.24) is 9.55 Å². The zero-order valence-electron chi connectivity index (χ0n) is 6.17. The average Bonchev–Trinajstić information content (AvgIpc) is 2.48. The van der Waals surface area contributed by atoms with Crippen molar-refractivity contribution in [3.63, 3.8) is 0 Å². The smallest absolute Gasteiger partial charge is 0.342 e. The highest BCUT2D eigenvalue weighted by molar-refractivity contribution is 5.14. The Balaban J connectivity index is 2.79. The topological polar surface area (TPSA) is 84.8 Å². The van der Waals surface area contributed by atoms with Crippen LogP contribution in [-0.2, 0) is 6.54 Å². The Morgan fingerprint density at radius 3 is 3.17 bits per heavy atom. The molecule has 6 nitrogen and oxygen atoms in total. The second-order valence-electron chi connectivity index (χ2n) is 2.11. The summed E-state index contributed by atoms with van der Waals surface area (Å²) in [5.41, 5.74) is 0. The average molecular weight is 166 g/mol. The molecule has 0 bridgehead atoms. The van der Waals surface area contributed by atoms with Gasteiger partial charge in [-0.1, -0.05) is 0 Å². The van der Waals surface area contributed by atoms with E-state index in [9.17, 15) is 10.1 Å². The molecule has 62 valence electrons. The summed E-state index contributed by atoms with van der Waals surface area (Å²) < 4.78 is 1.34. The lowest BCUT2D eigenvalue weighted by Crippen LogP contribution is -2.00. The predicted octanol–water partition coefficient (Wildman–Crippen LogP) is 0.705. The van der Waals surface area contributed by atoms with E-state index in [-0.39, 0.29) is 12.2 Å². The molecule has 1 aromatic rings. The number of nitriles is 1. The molecule has 0 spiro atoms. The van der Waals surface area contributed by atoms with E-state index in [1.807, 2.05) is 6.07 Å². The van der Waals surface area contributed by atoms with Crippen LogP contribution in [0.3, 0.4) is 0 Å². The van der Waals surface area contributed by atoms with E-state index in [1.54, 1.807) is 0 Å². The molecule has 12 heavy (non-hydrogen) atoms. The molecule has 1 rings (SSSR count). The molecule has 0 radical (unpaired) electrons. The number of aryl methyl sites for hydroxylation is 1. The minimum atomic E-state index is -0.523. The molecule has 0 amide bonds. The molecule has 0 saturated heterocycles. The molecular weight excluding hydrogens is 160 g/mol. The summed E-state index contributed by atoms with van der Waals surface area (Å²) in [5, 5.41) is 18.5. The summed E-state index contributed by atoms with van der Waals surface area (Å²) in [6.07, 6.45) is 2.75. The van der Waals surface area contributed by atoms with Gasteiger partial charge in [0.1, 0.15) is 12.7 Å². The normalized spacial score (nSPS) is 9.25. The summed E-state index contributed by atoms with van der Waals surface area (Å²) in [6.45, 7) is 0.312. The lowest BCUT2D eigenvalue weighted by molar-refractivity contribution is -0.392. The molecular formula is C6H6N4O2. The van der Waals surface area contributed by atoms with E-state index in [2.05, 4.69) is 4.98 Å². The second-order valence-corrected chi connectivity index (χ2v) is 2.11. The van der Waals surface area contributed by atoms with Crippen LogP contribution in [0.25, 0.3) is 0 Å². The Bertz CT molecular complexity index is 325. The second kappa shape index (κ2) is 3.48. The molecule has 0 fully saturated rings. The molecule has 0 unspecified atom stereocenters. The van der Waals surface area contributed by atoms with Gasteiger partial charge < -0.3 is 10.1 Å². The van der Waals surface area contributed by atoms with Gasteiger partial charge in [0, 0.05) is 0 Å². The van der Waals surface area contributed by atoms with E-state index in [4.69, 9.17) is 5.26 Å². The van der Waals surface area contributed by atoms with Crippen LogP contribution in [0.5, 0.6) is 0 Å². The van der Waals surface area contributed by atoms with Crippen molar-refractivity contribution >= 4 is 5.82 Å². The monoisotopic (exact) mass is 166 g/mol. The highest BCUT2D eigenvalue weighted by atomic mass is 16.6. The molecule has 0 N–H and O–H groups in total. The highest BCUT2D eigenvalue weighted by Gasteiger charge is 2.11. The Morgan fingerprint density at radius 2 is 2.58 bits per heavy atom. The van der Waals surface area contributed by atoms with Crippen LogP contribution in [0, 0.1) is 21.4 Å². The molecule has 6 heteroatoms. The summed E-state index contributed by atoms with van der Waals surface area (Å²) >= 11 is 0. The third kappa shape index (κ3) is 1.58. The molecule has 0 saturated carbocycles. The maximum atomic E-state index is 10.3. The van der Waals surface area contributed by atoms with Crippen molar-refractivity contribution in [3.05, 3.63) is 22.6 Å². The Kier molecular flexibility index (Phi) is 2.38. The lowest BCUT2D eigenvalue weighted by atomic mass is 10.4. The quantitative estimate of drug-likeness (QED) is 0.488. The molecule has 0 aliphatic rings. The van der Waals surface area contributed by atoms with Crippen molar-refractivity contribution in [3.8, 4) is 6.07 Å². The van der Waals surface area contributed by atoms with Crippen LogP contribution in [0.15, 0.2) is 12.5 Å². The minimum Gasteiger partial charge on any atom is -0.358 e. The Hall–Kier alpha value is -1.90. The van der Waals surface area contributed by atoms with Gasteiger partial charge in [-0.15, -0.1) is 0 Å². The first-order chi connectivity index (χ1) is 5.75. The summed E-state index contributed by atoms with van der Waals surface area (Å²) in [7, 11) is 0. The van der Waals surface area contributed by atoms with Gasteiger partial charge in [-0.2, -0.15) is 5.26 Å². The first-order valence-corrected chi connectivity index (χ1v) is 3.27. The number of nitrogens with zero attached hydrogens (tertiary/aromatic N) is 4. The number of hydrogen-bond acceptors (Lipinski definition) is 4. The molecule has 0 aliphatic heterocycles. The third-order valence-electron chi connectivity index (χ3n) is 1.34. The van der Waals surface area contributed by atoms with Crippen molar-refractivity contribution in [2.75, 3.05) is 0 Å². The van der Waals surface area contributed by atoms with Gasteiger partial charge in [-0.3, -0.25) is 0 Å². The van der Waals surface area contributed by atoms with Crippen molar-refractivity contribution < 1.29 is 4.92 Å². The number of nitro groups is 1. The minimum absolute atomic E-state index is 0.0785. The van der Waals surface area contributed by atoms with E-state index in [1.165, 1.54) is 10.9 Å². The van der Waals surface area contributed by atoms with Crippen LogP contribution in [0.1, 0.15) is 6.42 Å². The third-order valence-corrected chi connectivity index (χ3v) is 1.34. The predicted molar refractivity (Wildman–Crippen MR) is 39.1 cm³/mol. The van der Waals surface area contributed by atoms with Gasteiger partial charge in [0.2, 0.25) is 0 Å². The maximum Gasteiger partial charge on any atom is 0.342 e. The standard InChI is InChI=1S/C6H6N4O2/c7-2-1-3-9-5-8-4-6(9)10(11)12/h4-5H,1,3H2. The zero-order chi connectivity index (χ0) is 8.97. The molecule has 0 atom stereocenters. The Labute approximate surface area is 68.2 Å². The molecule has 1 aromatic heterocycles. The summed E-state index contributed by atoms with van der Waals surface area (Å²) in [4.78, 5) is 13.4. The van der Waals surface area contributed by atoms with E-state index < -0.39 is 4.92 Å². The fourth-order valence-corrected chi connectivity index (χ4v) is 0.809. The van der Waals surface area contributed by atoms with Gasteiger partial charge in [-0.25, -0.2) is 9.55 Å². The van der Waals surface area contributed by atoms with Crippen LogP contribution >= 0.6 is 0 Å². The van der Waals surface area contributed by atoms with Crippen LogP contribution in [-0.4, -0.2) is 14.5 Å². The van der Waals surface area contributed by atoms with Gasteiger partial charge >= 0.3 is 5.82 Å². The van der Waals surface area contributed by atoms with Gasteiger partial charge in [0.25, 0.3) is 0 Å². The number of aromatic nitrogens is 2. The van der Waals surface area contributed by atoms with Crippen molar-refractivity contribution in [2.45, 2.75) is 13.0 Å². The fraction of sp³-hybridized carbons (Fsp3) is 0.333. The number of hydrogen-bond donors (Lipinski definition) is 0. The Morgan fingerprint density at radius 1 is 1.83 bits per heavy atom. The summed E-state index contributed by atoms with van der Waals surface area (Å²) in [5.74, 6) is -0.0785. The van der Waals surface area contributed by atoms with Crippen LogP contribution in [0.4, 0.5) is 5.82 Å². The molecule has 0 aromatic carbocycles. The van der Waals surface area contributed by atoms with Gasteiger partial charge in [0.05, 0.1) is 12.5 Å². The summed E-state index contributed by atoms with van der Waals surface area (Å²) in [6, 6.07) is 1.90. The van der Waals surface area contributed by atoms with Gasteiger partial charge in [0.15, 0.2) is 6.33 Å². The van der Waals surface area contributed by atoms with E-state index in [0.717, 1.165) is 6.20 Å². The van der Waals surface area contributed by atoms with E-state index in [0.29, 0.717) is 6.54 Å². The van der Waals surface area contributed by atoms with E-state index >= 15 is 0 Å². The first-order valence-electron chi connectivity index (χ1n) is 3.27. The highest BCUT2D eigenvalue weighted by Crippen LogP contribution is 2.09. The largest absolute Gasteiger partial charge is 0.358 e. The van der Waals surface area contributed by atoms with Crippen LogP contribution in [0.2, 0.25) is 0 Å². The first kappa shape index (κ1) is 8.20. The van der Waals surface area contributed by atoms with Crippen LogP contribution < -0.4 is 0 Å². The fourth-order valence-electron chi connectivity index (χ4n) is 0.809. The SMILES string of the molecule is N#CCCn1cncc1[N+](=O)[O-].